The molecule has 1 unspecified atom stereocenters. The van der Waals surface area contributed by atoms with Crippen molar-refractivity contribution in [1.82, 2.24) is 4.98 Å². The number of aromatic nitrogens is 1. The van der Waals surface area contributed by atoms with E-state index in [1.807, 2.05) is 61.5 Å². The van der Waals surface area contributed by atoms with Crippen LogP contribution in [0, 0.1) is 0 Å². The lowest BCUT2D eigenvalue weighted by atomic mass is 9.90. The summed E-state index contributed by atoms with van der Waals surface area (Å²) >= 11 is 6.25. The summed E-state index contributed by atoms with van der Waals surface area (Å²) in [6.45, 7) is 2.73. The number of benzene rings is 3. The Morgan fingerprint density at radius 3 is 2.56 bits per heavy atom. The number of halogens is 1. The molecular formula is C27H24ClN3O3. The van der Waals surface area contributed by atoms with Gasteiger partial charge < -0.3 is 20.9 Å². The standard InChI is InChI=1S/C27H24ClN3O3/c1-2-34-22-6-4-3-5-18(22)15-7-9-16(10-8-15)24-23-20(14-29)26(27(32)33)31-25(23)19-12-11-17(28)13-21(19)30-24/h3-13,20,26,31H,2,14,29H2,1H3,(H,32,33)/t20?,26-/m1/s1. The Labute approximate surface area is 202 Å². The number of aliphatic carboxylic acids is 1. The molecular weight excluding hydrogens is 450 g/mol. The first-order chi connectivity index (χ1) is 16.5. The third kappa shape index (κ3) is 3.75. The van der Waals surface area contributed by atoms with Crippen LogP contribution >= 0.6 is 11.6 Å². The van der Waals surface area contributed by atoms with Gasteiger partial charge in [-0.15, -0.1) is 0 Å². The average Bonchev–Trinajstić information content (AvgIpc) is 3.24. The van der Waals surface area contributed by atoms with Crippen molar-refractivity contribution < 1.29 is 14.6 Å². The fourth-order valence-corrected chi connectivity index (χ4v) is 4.86. The number of pyridine rings is 1. The summed E-state index contributed by atoms with van der Waals surface area (Å²) in [4.78, 5) is 16.9. The molecule has 0 radical (unpaired) electrons. The molecule has 4 N–H and O–H groups in total. The van der Waals surface area contributed by atoms with Gasteiger partial charge in [0.2, 0.25) is 0 Å². The predicted octanol–water partition coefficient (Wildman–Crippen LogP) is 5.54. The number of nitrogens with two attached hydrogens (primary N) is 1. The molecule has 2 atom stereocenters. The minimum Gasteiger partial charge on any atom is -0.493 e. The van der Waals surface area contributed by atoms with Crippen LogP contribution in [0.15, 0.2) is 66.7 Å². The third-order valence-corrected chi connectivity index (χ3v) is 6.47. The minimum absolute atomic E-state index is 0.185. The quantitative estimate of drug-likeness (QED) is 0.340. The number of para-hydroxylation sites is 1. The number of carbonyl (C=O) groups is 1. The number of fused-ring (bicyclic) bond motifs is 3. The molecule has 0 saturated carbocycles. The van der Waals surface area contributed by atoms with E-state index in [1.54, 1.807) is 12.1 Å². The fourth-order valence-electron chi connectivity index (χ4n) is 4.69. The van der Waals surface area contributed by atoms with E-state index < -0.39 is 17.9 Å². The third-order valence-electron chi connectivity index (χ3n) is 6.24. The summed E-state index contributed by atoms with van der Waals surface area (Å²) in [6, 6.07) is 20.6. The van der Waals surface area contributed by atoms with E-state index >= 15 is 0 Å². The molecule has 0 aliphatic carbocycles. The van der Waals surface area contributed by atoms with Gasteiger partial charge in [0, 0.05) is 39.6 Å². The van der Waals surface area contributed by atoms with Gasteiger partial charge in [0.1, 0.15) is 11.8 Å². The molecule has 172 valence electrons. The molecule has 1 aliphatic heterocycles. The Morgan fingerprint density at radius 1 is 1.12 bits per heavy atom. The lowest BCUT2D eigenvalue weighted by molar-refractivity contribution is -0.138. The van der Waals surface area contributed by atoms with Crippen LogP contribution in [0.5, 0.6) is 5.75 Å². The van der Waals surface area contributed by atoms with Gasteiger partial charge in [-0.3, -0.25) is 0 Å². The number of carboxylic acids is 1. The summed E-state index contributed by atoms with van der Waals surface area (Å²) in [6.07, 6.45) is 0. The maximum atomic E-state index is 12.0. The largest absolute Gasteiger partial charge is 0.493 e. The van der Waals surface area contributed by atoms with E-state index in [1.165, 1.54) is 0 Å². The molecule has 1 aromatic heterocycles. The molecule has 0 saturated heterocycles. The van der Waals surface area contributed by atoms with E-state index in [9.17, 15) is 9.90 Å². The number of anilines is 1. The van der Waals surface area contributed by atoms with Crippen LogP contribution < -0.4 is 15.8 Å². The van der Waals surface area contributed by atoms with Gasteiger partial charge in [-0.25, -0.2) is 9.78 Å². The molecule has 3 aromatic carbocycles. The van der Waals surface area contributed by atoms with Gasteiger partial charge in [0.05, 0.1) is 23.5 Å². The maximum absolute atomic E-state index is 12.0. The molecule has 5 rings (SSSR count). The van der Waals surface area contributed by atoms with E-state index in [0.717, 1.165) is 39.1 Å². The van der Waals surface area contributed by atoms with Crippen LogP contribution in [0.2, 0.25) is 5.02 Å². The van der Waals surface area contributed by atoms with Crippen molar-refractivity contribution in [2.75, 3.05) is 18.5 Å². The van der Waals surface area contributed by atoms with E-state index in [2.05, 4.69) is 5.32 Å². The Bertz CT molecular complexity index is 1390. The van der Waals surface area contributed by atoms with Gasteiger partial charge >= 0.3 is 5.97 Å². The van der Waals surface area contributed by atoms with E-state index in [-0.39, 0.29) is 6.54 Å². The summed E-state index contributed by atoms with van der Waals surface area (Å²) in [5.74, 6) is -0.523. The number of ether oxygens (including phenoxy) is 1. The molecule has 2 heterocycles. The van der Waals surface area contributed by atoms with E-state index in [4.69, 9.17) is 27.1 Å². The molecule has 1 aliphatic rings. The number of hydrogen-bond donors (Lipinski definition) is 3. The molecule has 0 amide bonds. The van der Waals surface area contributed by atoms with Crippen LogP contribution in [0.25, 0.3) is 33.3 Å². The SMILES string of the molecule is CCOc1ccccc1-c1ccc(-c2nc3cc(Cl)ccc3c3c2C(CN)[C@H](C(=O)O)N3)cc1. The van der Waals surface area contributed by atoms with Crippen LogP contribution in [0.3, 0.4) is 0 Å². The lowest BCUT2D eigenvalue weighted by Gasteiger charge is -2.17. The average molecular weight is 474 g/mol. The highest BCUT2D eigenvalue weighted by molar-refractivity contribution is 6.31. The summed E-state index contributed by atoms with van der Waals surface area (Å²) in [7, 11) is 0. The highest BCUT2D eigenvalue weighted by Gasteiger charge is 2.39. The Morgan fingerprint density at radius 2 is 1.85 bits per heavy atom. The molecule has 0 spiro atoms. The van der Waals surface area contributed by atoms with Gasteiger partial charge in [-0.2, -0.15) is 0 Å². The van der Waals surface area contributed by atoms with Crippen molar-refractivity contribution in [2.24, 2.45) is 5.73 Å². The fraction of sp³-hybridized carbons (Fsp3) is 0.185. The summed E-state index contributed by atoms with van der Waals surface area (Å²) in [5.41, 5.74) is 12.0. The van der Waals surface area contributed by atoms with Gasteiger partial charge in [0.15, 0.2) is 0 Å². The number of carboxylic acid groups (broad SMARTS) is 1. The van der Waals surface area contributed by atoms with Crippen molar-refractivity contribution in [3.8, 4) is 28.1 Å². The second-order valence-electron chi connectivity index (χ2n) is 8.22. The number of nitrogens with zero attached hydrogens (tertiary/aromatic N) is 1. The smallest absolute Gasteiger partial charge is 0.326 e. The first-order valence-electron chi connectivity index (χ1n) is 11.2. The highest BCUT2D eigenvalue weighted by Crippen LogP contribution is 2.45. The number of rotatable bonds is 6. The molecule has 0 fully saturated rings. The van der Waals surface area contributed by atoms with Crippen LogP contribution in [-0.4, -0.2) is 35.3 Å². The van der Waals surface area contributed by atoms with Crippen molar-refractivity contribution in [3.05, 3.63) is 77.3 Å². The Kier molecular flexibility index (Phi) is 5.86. The van der Waals surface area contributed by atoms with E-state index in [0.29, 0.717) is 22.8 Å². The maximum Gasteiger partial charge on any atom is 0.326 e. The number of nitrogens with one attached hydrogen (secondary N) is 1. The molecule has 7 heteroatoms. The van der Waals surface area contributed by atoms with Gasteiger partial charge in [-0.05, 0) is 36.8 Å². The zero-order valence-corrected chi connectivity index (χ0v) is 19.3. The molecule has 6 nitrogen and oxygen atoms in total. The Hall–Kier alpha value is -3.61. The van der Waals surface area contributed by atoms with Crippen LogP contribution in [-0.2, 0) is 4.79 Å². The normalized spacial score (nSPS) is 16.8. The number of hydrogen-bond acceptors (Lipinski definition) is 5. The minimum atomic E-state index is -0.942. The molecule has 34 heavy (non-hydrogen) atoms. The van der Waals surface area contributed by atoms with Gasteiger partial charge in [-0.1, -0.05) is 54.1 Å². The zero-order chi connectivity index (χ0) is 23.8. The zero-order valence-electron chi connectivity index (χ0n) is 18.6. The van der Waals surface area contributed by atoms with Crippen molar-refractivity contribution in [3.63, 3.8) is 0 Å². The molecule has 0 bridgehead atoms. The van der Waals surface area contributed by atoms with Crippen LogP contribution in [0.4, 0.5) is 5.69 Å². The van der Waals surface area contributed by atoms with Crippen molar-refractivity contribution in [2.45, 2.75) is 18.9 Å². The second kappa shape index (κ2) is 8.97. The topological polar surface area (TPSA) is 97.5 Å². The second-order valence-corrected chi connectivity index (χ2v) is 8.66. The first kappa shape index (κ1) is 22.2. The summed E-state index contributed by atoms with van der Waals surface area (Å²) in [5, 5.41) is 14.4. The predicted molar refractivity (Wildman–Crippen MR) is 136 cm³/mol. The lowest BCUT2D eigenvalue weighted by Crippen LogP contribution is -2.34. The van der Waals surface area contributed by atoms with Crippen molar-refractivity contribution >= 4 is 34.2 Å². The van der Waals surface area contributed by atoms with Gasteiger partial charge in [0.25, 0.3) is 0 Å². The van der Waals surface area contributed by atoms with Crippen LogP contribution in [0.1, 0.15) is 18.4 Å². The summed E-state index contributed by atoms with van der Waals surface area (Å²) < 4.78 is 5.79. The molecule has 4 aromatic rings. The highest BCUT2D eigenvalue weighted by atomic mass is 35.5. The Balaban J connectivity index is 1.66. The van der Waals surface area contributed by atoms with Crippen molar-refractivity contribution in [1.29, 1.82) is 0 Å². The monoisotopic (exact) mass is 473 g/mol. The first-order valence-corrected chi connectivity index (χ1v) is 11.5.